The molecule has 26 heavy (non-hydrogen) atoms. The van der Waals surface area contributed by atoms with Crippen LogP contribution < -0.4 is 10.1 Å². The van der Waals surface area contributed by atoms with Crippen LogP contribution in [0.25, 0.3) is 5.69 Å². The Kier molecular flexibility index (Phi) is 5.69. The van der Waals surface area contributed by atoms with Gasteiger partial charge in [-0.15, -0.1) is 5.10 Å². The maximum absolute atomic E-state index is 12.4. The van der Waals surface area contributed by atoms with Crippen molar-refractivity contribution < 1.29 is 9.53 Å². The van der Waals surface area contributed by atoms with Gasteiger partial charge in [-0.25, -0.2) is 4.98 Å². The second-order valence-corrected chi connectivity index (χ2v) is 6.90. The van der Waals surface area contributed by atoms with Crippen LogP contribution in [0.3, 0.4) is 0 Å². The third kappa shape index (κ3) is 4.12. The van der Waals surface area contributed by atoms with Crippen LogP contribution in [-0.2, 0) is 4.79 Å². The van der Waals surface area contributed by atoms with Crippen molar-refractivity contribution in [1.82, 2.24) is 25.2 Å². The number of thioether (sulfide) groups is 1. The Balaban J connectivity index is 1.74. The van der Waals surface area contributed by atoms with Crippen LogP contribution in [0.4, 0.5) is 5.82 Å². The molecule has 1 amide bonds. The Bertz CT molecular complexity index is 902. The van der Waals surface area contributed by atoms with Crippen molar-refractivity contribution in [3.8, 4) is 11.4 Å². The number of para-hydroxylation sites is 2. The van der Waals surface area contributed by atoms with Crippen molar-refractivity contribution in [2.75, 3.05) is 12.4 Å². The highest BCUT2D eigenvalue weighted by molar-refractivity contribution is 8.00. The van der Waals surface area contributed by atoms with E-state index in [1.807, 2.05) is 24.3 Å². The number of carbonyl (C=O) groups excluding carboxylic acids is 1. The molecule has 0 bridgehead atoms. The molecule has 8 nitrogen and oxygen atoms in total. The zero-order valence-electron chi connectivity index (χ0n) is 14.0. The molecule has 1 atom stereocenters. The lowest BCUT2D eigenvalue weighted by atomic mass is 10.3. The number of aromatic nitrogens is 5. The first kappa shape index (κ1) is 18.2. The summed E-state index contributed by atoms with van der Waals surface area (Å²) >= 11 is 7.02. The monoisotopic (exact) mass is 390 g/mol. The van der Waals surface area contributed by atoms with Gasteiger partial charge in [-0.1, -0.05) is 35.5 Å². The van der Waals surface area contributed by atoms with Gasteiger partial charge in [0.05, 0.1) is 17.4 Å². The minimum atomic E-state index is -0.452. The second kappa shape index (κ2) is 8.15. The van der Waals surface area contributed by atoms with E-state index < -0.39 is 5.25 Å². The molecule has 3 rings (SSSR count). The topological polar surface area (TPSA) is 94.8 Å². The predicted molar refractivity (Wildman–Crippen MR) is 98.9 cm³/mol. The summed E-state index contributed by atoms with van der Waals surface area (Å²) in [6.45, 7) is 1.76. The number of tetrazole rings is 1. The highest BCUT2D eigenvalue weighted by Crippen LogP contribution is 2.28. The largest absolute Gasteiger partial charge is 0.494 e. The van der Waals surface area contributed by atoms with E-state index in [0.29, 0.717) is 27.4 Å². The van der Waals surface area contributed by atoms with Gasteiger partial charge in [-0.05, 0) is 41.6 Å². The zero-order valence-corrected chi connectivity index (χ0v) is 15.5. The number of carbonyl (C=O) groups is 1. The first-order valence-electron chi connectivity index (χ1n) is 7.59. The van der Waals surface area contributed by atoms with Crippen molar-refractivity contribution in [1.29, 1.82) is 0 Å². The first-order valence-corrected chi connectivity index (χ1v) is 8.85. The van der Waals surface area contributed by atoms with Gasteiger partial charge in [0.15, 0.2) is 0 Å². The van der Waals surface area contributed by atoms with Crippen molar-refractivity contribution in [3.63, 3.8) is 0 Å². The molecule has 3 aromatic rings. The Morgan fingerprint density at radius 2 is 2.12 bits per heavy atom. The van der Waals surface area contributed by atoms with Gasteiger partial charge in [0, 0.05) is 6.20 Å². The Morgan fingerprint density at radius 3 is 2.85 bits per heavy atom. The van der Waals surface area contributed by atoms with Gasteiger partial charge >= 0.3 is 0 Å². The summed E-state index contributed by atoms with van der Waals surface area (Å²) in [5, 5.41) is 15.0. The summed E-state index contributed by atoms with van der Waals surface area (Å²) in [6, 6.07) is 10.7. The molecule has 2 heterocycles. The summed E-state index contributed by atoms with van der Waals surface area (Å²) in [5.41, 5.74) is 0.689. The summed E-state index contributed by atoms with van der Waals surface area (Å²) in [7, 11) is 1.57. The maximum atomic E-state index is 12.4. The summed E-state index contributed by atoms with van der Waals surface area (Å²) in [6.07, 6.45) is 1.47. The number of nitrogens with zero attached hydrogens (tertiary/aromatic N) is 5. The van der Waals surface area contributed by atoms with Gasteiger partial charge in [-0.2, -0.15) is 4.68 Å². The van der Waals surface area contributed by atoms with Gasteiger partial charge in [-0.3, -0.25) is 4.79 Å². The van der Waals surface area contributed by atoms with Crippen molar-refractivity contribution in [3.05, 3.63) is 47.6 Å². The van der Waals surface area contributed by atoms with Crippen LogP contribution in [0, 0.1) is 0 Å². The molecule has 0 aliphatic carbocycles. The molecule has 134 valence electrons. The van der Waals surface area contributed by atoms with E-state index in [1.54, 1.807) is 26.2 Å². The maximum Gasteiger partial charge on any atom is 0.238 e. The smallest absolute Gasteiger partial charge is 0.238 e. The van der Waals surface area contributed by atoms with Crippen LogP contribution in [-0.4, -0.2) is 43.5 Å². The van der Waals surface area contributed by atoms with E-state index in [2.05, 4.69) is 25.8 Å². The first-order chi connectivity index (χ1) is 12.6. The number of pyridine rings is 1. The molecule has 0 saturated carbocycles. The van der Waals surface area contributed by atoms with E-state index in [9.17, 15) is 4.79 Å². The van der Waals surface area contributed by atoms with Crippen molar-refractivity contribution in [2.45, 2.75) is 17.3 Å². The minimum Gasteiger partial charge on any atom is -0.494 e. The number of hydrogen-bond donors (Lipinski definition) is 1. The highest BCUT2D eigenvalue weighted by Gasteiger charge is 2.20. The molecule has 0 spiro atoms. The Morgan fingerprint density at radius 1 is 1.31 bits per heavy atom. The van der Waals surface area contributed by atoms with Gasteiger partial charge < -0.3 is 10.1 Å². The van der Waals surface area contributed by atoms with Gasteiger partial charge in [0.2, 0.25) is 11.1 Å². The molecule has 0 unspecified atom stereocenters. The fraction of sp³-hybridized carbons (Fsp3) is 0.188. The average Bonchev–Trinajstić information content (AvgIpc) is 3.11. The molecule has 0 saturated heterocycles. The van der Waals surface area contributed by atoms with Crippen LogP contribution in [0.15, 0.2) is 47.8 Å². The number of halogens is 1. The molecule has 0 fully saturated rings. The standard InChI is InChI=1S/C16H15ClN6O2S/c1-10(15(24)19-14-8-7-11(17)9-18-14)26-16-20-21-22-23(16)12-5-3-4-6-13(12)25-2/h3-10H,1-2H3,(H,18,19,24)/t10-/m0/s1. The summed E-state index contributed by atoms with van der Waals surface area (Å²) in [4.78, 5) is 16.4. The Labute approximate surface area is 158 Å². The van der Waals surface area contributed by atoms with Crippen molar-refractivity contribution >= 4 is 35.1 Å². The lowest BCUT2D eigenvalue weighted by Gasteiger charge is -2.12. The fourth-order valence-electron chi connectivity index (χ4n) is 2.10. The number of hydrogen-bond acceptors (Lipinski definition) is 7. The molecular formula is C16H15ClN6O2S. The third-order valence-electron chi connectivity index (χ3n) is 3.38. The molecule has 1 N–H and O–H groups in total. The van der Waals surface area contributed by atoms with Gasteiger partial charge in [0.25, 0.3) is 0 Å². The molecule has 1 aromatic carbocycles. The molecule has 0 aliphatic rings. The number of nitrogens with one attached hydrogen (secondary N) is 1. The quantitative estimate of drug-likeness (QED) is 0.646. The molecule has 2 aromatic heterocycles. The second-order valence-electron chi connectivity index (χ2n) is 5.16. The average molecular weight is 391 g/mol. The minimum absolute atomic E-state index is 0.223. The molecular weight excluding hydrogens is 376 g/mol. The molecule has 0 aliphatic heterocycles. The van der Waals surface area contributed by atoms with Crippen LogP contribution in [0.2, 0.25) is 5.02 Å². The zero-order chi connectivity index (χ0) is 18.5. The van der Waals surface area contributed by atoms with E-state index in [0.717, 1.165) is 0 Å². The van der Waals surface area contributed by atoms with Crippen molar-refractivity contribution in [2.24, 2.45) is 0 Å². The fourth-order valence-corrected chi connectivity index (χ4v) is 3.01. The van der Waals surface area contributed by atoms with Crippen LogP contribution in [0.5, 0.6) is 5.75 Å². The van der Waals surface area contributed by atoms with E-state index in [-0.39, 0.29) is 5.91 Å². The molecule has 10 heteroatoms. The Hall–Kier alpha value is -2.65. The number of ether oxygens (including phenoxy) is 1. The SMILES string of the molecule is COc1ccccc1-n1nnnc1S[C@@H](C)C(=O)Nc1ccc(Cl)cn1. The number of methoxy groups -OCH3 is 1. The van der Waals surface area contributed by atoms with E-state index in [4.69, 9.17) is 16.3 Å². The van der Waals surface area contributed by atoms with Crippen LogP contribution in [0.1, 0.15) is 6.92 Å². The number of benzene rings is 1. The van der Waals surface area contributed by atoms with E-state index in [1.165, 1.54) is 22.6 Å². The lowest BCUT2D eigenvalue weighted by Crippen LogP contribution is -2.23. The molecule has 0 radical (unpaired) electrons. The van der Waals surface area contributed by atoms with Gasteiger partial charge in [0.1, 0.15) is 17.3 Å². The highest BCUT2D eigenvalue weighted by atomic mass is 35.5. The van der Waals surface area contributed by atoms with Crippen LogP contribution >= 0.6 is 23.4 Å². The van der Waals surface area contributed by atoms with E-state index >= 15 is 0 Å². The summed E-state index contributed by atoms with van der Waals surface area (Å²) < 4.78 is 6.88. The summed E-state index contributed by atoms with van der Waals surface area (Å²) in [5.74, 6) is 0.833. The number of anilines is 1. The normalized spacial score (nSPS) is 11.8. The predicted octanol–water partition coefficient (Wildman–Crippen LogP) is 2.84. The number of rotatable bonds is 6. The third-order valence-corrected chi connectivity index (χ3v) is 4.64. The lowest BCUT2D eigenvalue weighted by molar-refractivity contribution is -0.115. The number of amides is 1.